The Labute approximate surface area is 89.9 Å². The second-order valence-electron chi connectivity index (χ2n) is 5.00. The molecule has 0 radical (unpaired) electrons. The van der Waals surface area contributed by atoms with Gasteiger partial charge < -0.3 is 5.32 Å². The van der Waals surface area contributed by atoms with Crippen molar-refractivity contribution in [1.82, 2.24) is 10.3 Å². The number of pyridine rings is 1. The molecule has 0 amide bonds. The number of rotatable bonds is 3. The Hall–Kier alpha value is -0.960. The predicted octanol–water partition coefficient (Wildman–Crippen LogP) is 2.53. The van der Waals surface area contributed by atoms with Crippen LogP contribution < -0.4 is 5.32 Å². The normalized spacial score (nSPS) is 24.9. The molecular formula is C12H17FN2. The van der Waals surface area contributed by atoms with Crippen LogP contribution in [0.2, 0.25) is 0 Å². The largest absolute Gasteiger partial charge is 0.313 e. The van der Waals surface area contributed by atoms with Crippen molar-refractivity contribution in [2.24, 2.45) is 11.3 Å². The van der Waals surface area contributed by atoms with Crippen molar-refractivity contribution >= 4 is 0 Å². The molecule has 0 saturated heterocycles. The van der Waals surface area contributed by atoms with Crippen molar-refractivity contribution in [2.45, 2.75) is 26.3 Å². The minimum absolute atomic E-state index is 0.225. The van der Waals surface area contributed by atoms with Crippen LogP contribution in [0.3, 0.4) is 0 Å². The lowest BCUT2D eigenvalue weighted by Gasteiger charge is -2.18. The maximum atomic E-state index is 13.0. The van der Waals surface area contributed by atoms with Crippen molar-refractivity contribution in [3.8, 4) is 0 Å². The zero-order valence-electron chi connectivity index (χ0n) is 9.42. The average Bonchev–Trinajstić information content (AvgIpc) is 2.76. The summed E-state index contributed by atoms with van der Waals surface area (Å²) in [5.41, 5.74) is 1.33. The van der Waals surface area contributed by atoms with Crippen LogP contribution in [0, 0.1) is 17.2 Å². The molecule has 1 aromatic heterocycles. The van der Waals surface area contributed by atoms with Gasteiger partial charge in [0.15, 0.2) is 0 Å². The molecule has 0 spiro atoms. The summed E-state index contributed by atoms with van der Waals surface area (Å²) >= 11 is 0. The molecule has 0 aliphatic heterocycles. The molecule has 2 rings (SSSR count). The monoisotopic (exact) mass is 208 g/mol. The third-order valence-corrected chi connectivity index (χ3v) is 3.39. The summed E-state index contributed by atoms with van der Waals surface area (Å²) in [5, 5.41) is 3.26. The minimum atomic E-state index is -0.258. The third kappa shape index (κ3) is 2.02. The number of hydrogen-bond donors (Lipinski definition) is 1. The summed E-state index contributed by atoms with van der Waals surface area (Å²) in [4.78, 5) is 3.90. The lowest BCUT2D eigenvalue weighted by Crippen LogP contribution is -2.20. The number of nitrogens with zero attached hydrogens (tertiary/aromatic N) is 1. The van der Waals surface area contributed by atoms with Crippen molar-refractivity contribution in [3.63, 3.8) is 0 Å². The molecule has 3 heteroatoms. The van der Waals surface area contributed by atoms with Crippen molar-refractivity contribution in [2.75, 3.05) is 7.05 Å². The number of nitrogens with one attached hydrogen (secondary N) is 1. The summed E-state index contributed by atoms with van der Waals surface area (Å²) < 4.78 is 13.0. The first kappa shape index (κ1) is 10.6. The summed E-state index contributed by atoms with van der Waals surface area (Å²) in [5.74, 6) is 0.331. The minimum Gasteiger partial charge on any atom is -0.313 e. The number of hydrogen-bond acceptors (Lipinski definition) is 2. The Morgan fingerprint density at radius 2 is 2.20 bits per heavy atom. The van der Waals surface area contributed by atoms with Crippen LogP contribution >= 0.6 is 0 Å². The number of aromatic nitrogens is 1. The van der Waals surface area contributed by atoms with Gasteiger partial charge in [-0.1, -0.05) is 13.8 Å². The molecule has 2 unspecified atom stereocenters. The molecule has 1 saturated carbocycles. The van der Waals surface area contributed by atoms with Gasteiger partial charge in [-0.05, 0) is 36.4 Å². The topological polar surface area (TPSA) is 24.9 Å². The summed E-state index contributed by atoms with van der Waals surface area (Å²) in [6.45, 7) is 4.49. The van der Waals surface area contributed by atoms with Crippen LogP contribution in [0.15, 0.2) is 18.5 Å². The fraction of sp³-hybridized carbons (Fsp3) is 0.583. The van der Waals surface area contributed by atoms with Gasteiger partial charge in [0, 0.05) is 12.2 Å². The van der Waals surface area contributed by atoms with Gasteiger partial charge in [0.2, 0.25) is 0 Å². The Morgan fingerprint density at radius 3 is 2.67 bits per heavy atom. The van der Waals surface area contributed by atoms with Crippen LogP contribution in [0.5, 0.6) is 0 Å². The van der Waals surface area contributed by atoms with Gasteiger partial charge in [0.1, 0.15) is 5.82 Å². The fourth-order valence-electron chi connectivity index (χ4n) is 2.28. The van der Waals surface area contributed by atoms with E-state index in [4.69, 9.17) is 0 Å². The molecule has 1 aliphatic rings. The smallest absolute Gasteiger partial charge is 0.141 e. The molecular weight excluding hydrogens is 191 g/mol. The SMILES string of the molecule is CNC(c1cncc(F)c1)C1CC1(C)C. The highest BCUT2D eigenvalue weighted by molar-refractivity contribution is 5.20. The van der Waals surface area contributed by atoms with Gasteiger partial charge in [-0.15, -0.1) is 0 Å². The van der Waals surface area contributed by atoms with Crippen molar-refractivity contribution in [1.29, 1.82) is 0 Å². The van der Waals surface area contributed by atoms with Crippen LogP contribution in [0.25, 0.3) is 0 Å². The number of halogens is 1. The first-order valence-electron chi connectivity index (χ1n) is 5.32. The van der Waals surface area contributed by atoms with Gasteiger partial charge in [0.05, 0.1) is 6.20 Å². The predicted molar refractivity (Wildman–Crippen MR) is 57.9 cm³/mol. The molecule has 1 fully saturated rings. The molecule has 2 atom stereocenters. The molecule has 0 bridgehead atoms. The van der Waals surface area contributed by atoms with Gasteiger partial charge >= 0.3 is 0 Å². The Bertz CT molecular complexity index is 362. The standard InChI is InChI=1S/C12H17FN2/c1-12(2)5-10(12)11(14-3)8-4-9(13)7-15-6-8/h4,6-7,10-11,14H,5H2,1-3H3. The van der Waals surface area contributed by atoms with Gasteiger partial charge in [-0.3, -0.25) is 4.98 Å². The maximum Gasteiger partial charge on any atom is 0.141 e. The Kier molecular flexibility index (Phi) is 2.51. The molecule has 1 aliphatic carbocycles. The summed E-state index contributed by atoms with van der Waals surface area (Å²) in [6, 6.07) is 1.80. The highest BCUT2D eigenvalue weighted by Crippen LogP contribution is 2.57. The highest BCUT2D eigenvalue weighted by Gasteiger charge is 2.50. The Morgan fingerprint density at radius 1 is 1.53 bits per heavy atom. The van der Waals surface area contributed by atoms with E-state index in [-0.39, 0.29) is 11.9 Å². The van der Waals surface area contributed by atoms with E-state index in [1.807, 2.05) is 7.05 Å². The summed E-state index contributed by atoms with van der Waals surface area (Å²) in [7, 11) is 1.92. The van der Waals surface area contributed by atoms with Crippen LogP contribution in [0.1, 0.15) is 31.9 Å². The van der Waals surface area contributed by atoms with E-state index in [0.29, 0.717) is 11.3 Å². The van der Waals surface area contributed by atoms with E-state index in [2.05, 4.69) is 24.1 Å². The molecule has 15 heavy (non-hydrogen) atoms. The van der Waals surface area contributed by atoms with Crippen LogP contribution in [-0.4, -0.2) is 12.0 Å². The quantitative estimate of drug-likeness (QED) is 0.825. The van der Waals surface area contributed by atoms with E-state index in [1.54, 1.807) is 12.3 Å². The highest BCUT2D eigenvalue weighted by atomic mass is 19.1. The molecule has 1 heterocycles. The van der Waals surface area contributed by atoms with E-state index < -0.39 is 0 Å². The lowest BCUT2D eigenvalue weighted by molar-refractivity contribution is 0.438. The van der Waals surface area contributed by atoms with Crippen LogP contribution in [0.4, 0.5) is 4.39 Å². The van der Waals surface area contributed by atoms with Gasteiger partial charge in [0.25, 0.3) is 0 Å². The van der Waals surface area contributed by atoms with Crippen LogP contribution in [-0.2, 0) is 0 Å². The van der Waals surface area contributed by atoms with E-state index >= 15 is 0 Å². The van der Waals surface area contributed by atoms with Gasteiger partial charge in [-0.25, -0.2) is 4.39 Å². The van der Waals surface area contributed by atoms with Crippen molar-refractivity contribution < 1.29 is 4.39 Å². The van der Waals surface area contributed by atoms with Crippen molar-refractivity contribution in [3.05, 3.63) is 29.8 Å². The maximum absolute atomic E-state index is 13.0. The van der Waals surface area contributed by atoms with Gasteiger partial charge in [-0.2, -0.15) is 0 Å². The molecule has 1 aromatic rings. The van der Waals surface area contributed by atoms with E-state index in [0.717, 1.165) is 5.56 Å². The van der Waals surface area contributed by atoms with E-state index in [1.165, 1.54) is 12.6 Å². The Balaban J connectivity index is 2.21. The second kappa shape index (κ2) is 3.56. The first-order chi connectivity index (χ1) is 7.04. The average molecular weight is 208 g/mol. The zero-order valence-corrected chi connectivity index (χ0v) is 9.42. The van der Waals surface area contributed by atoms with E-state index in [9.17, 15) is 4.39 Å². The molecule has 82 valence electrons. The molecule has 1 N–H and O–H groups in total. The molecule has 2 nitrogen and oxygen atoms in total. The summed E-state index contributed by atoms with van der Waals surface area (Å²) in [6.07, 6.45) is 4.18. The fourth-order valence-corrected chi connectivity index (χ4v) is 2.28. The first-order valence-corrected chi connectivity index (χ1v) is 5.32. The second-order valence-corrected chi connectivity index (χ2v) is 5.00. The lowest BCUT2D eigenvalue weighted by atomic mass is 9.98. The zero-order chi connectivity index (χ0) is 11.1. The molecule has 0 aromatic carbocycles. The third-order valence-electron chi connectivity index (χ3n) is 3.39.